The van der Waals surface area contributed by atoms with E-state index in [0.29, 0.717) is 23.0 Å². The molecule has 29 heavy (non-hydrogen) atoms. The van der Waals surface area contributed by atoms with Gasteiger partial charge < -0.3 is 20.0 Å². The van der Waals surface area contributed by atoms with E-state index in [2.05, 4.69) is 20.9 Å². The van der Waals surface area contributed by atoms with Gasteiger partial charge in [-0.1, -0.05) is 15.9 Å². The van der Waals surface area contributed by atoms with E-state index < -0.39 is 23.5 Å². The number of halogens is 1. The van der Waals surface area contributed by atoms with E-state index in [1.165, 1.54) is 17.0 Å². The van der Waals surface area contributed by atoms with Crippen molar-refractivity contribution in [2.24, 2.45) is 0 Å². The third-order valence-electron chi connectivity index (χ3n) is 4.78. The molecule has 2 N–H and O–H groups in total. The van der Waals surface area contributed by atoms with Gasteiger partial charge in [0.2, 0.25) is 0 Å². The molecule has 7 nitrogen and oxygen atoms in total. The molecule has 0 bridgehead atoms. The maximum atomic E-state index is 12.9. The van der Waals surface area contributed by atoms with E-state index in [1.807, 2.05) is 19.0 Å². The fourth-order valence-electron chi connectivity index (χ4n) is 3.40. The van der Waals surface area contributed by atoms with Crippen LogP contribution in [0.15, 0.2) is 52.8 Å². The molecule has 152 valence electrons. The quantitative estimate of drug-likeness (QED) is 0.391. The van der Waals surface area contributed by atoms with E-state index in [-0.39, 0.29) is 16.9 Å². The number of hydrogen-bond donors (Lipinski definition) is 2. The number of Topliss-reactive ketones (excluding diaryl/α,β-unsaturated/α-hetero) is 1. The number of benzene rings is 1. The van der Waals surface area contributed by atoms with Gasteiger partial charge >= 0.3 is 0 Å². The number of pyridine rings is 1. The summed E-state index contributed by atoms with van der Waals surface area (Å²) in [6.07, 6.45) is 3.82. The van der Waals surface area contributed by atoms with Gasteiger partial charge in [-0.15, -0.1) is 0 Å². The lowest BCUT2D eigenvalue weighted by atomic mass is 9.95. The number of ketones is 1. The van der Waals surface area contributed by atoms with Gasteiger partial charge in [-0.2, -0.15) is 0 Å². The van der Waals surface area contributed by atoms with Gasteiger partial charge in [0.25, 0.3) is 11.7 Å². The zero-order valence-corrected chi connectivity index (χ0v) is 17.8. The van der Waals surface area contributed by atoms with Gasteiger partial charge in [-0.3, -0.25) is 14.6 Å². The van der Waals surface area contributed by atoms with Gasteiger partial charge in [0.1, 0.15) is 11.5 Å². The first-order valence-electron chi connectivity index (χ1n) is 9.13. The molecule has 3 rings (SSSR count). The molecular formula is C21H22BrN3O4. The molecular weight excluding hydrogens is 438 g/mol. The Balaban J connectivity index is 2.12. The van der Waals surface area contributed by atoms with Gasteiger partial charge in [0.05, 0.1) is 17.2 Å². The van der Waals surface area contributed by atoms with E-state index >= 15 is 0 Å². The minimum Gasteiger partial charge on any atom is -0.507 e. The number of aliphatic hydroxyl groups excluding tert-OH is 1. The second-order valence-corrected chi connectivity index (χ2v) is 8.01. The number of amides is 1. The van der Waals surface area contributed by atoms with Gasteiger partial charge in [-0.25, -0.2) is 0 Å². The normalized spacial score (nSPS) is 18.6. The molecule has 1 atom stereocenters. The number of aliphatic hydroxyl groups is 1. The van der Waals surface area contributed by atoms with Crippen molar-refractivity contribution in [3.05, 3.63) is 63.9 Å². The molecule has 1 saturated heterocycles. The summed E-state index contributed by atoms with van der Waals surface area (Å²) in [7, 11) is 3.87. The Kier molecular flexibility index (Phi) is 6.34. The number of nitrogens with zero attached hydrogens (tertiary/aromatic N) is 3. The molecule has 1 aromatic heterocycles. The first-order chi connectivity index (χ1) is 13.8. The van der Waals surface area contributed by atoms with Crippen LogP contribution in [-0.4, -0.2) is 63.9 Å². The number of carbonyl (C=O) groups is 2. The summed E-state index contributed by atoms with van der Waals surface area (Å²) in [5, 5.41) is 21.2. The lowest BCUT2D eigenvalue weighted by Crippen LogP contribution is -2.32. The van der Waals surface area contributed by atoms with E-state index in [4.69, 9.17) is 0 Å². The Bertz CT molecular complexity index is 960. The van der Waals surface area contributed by atoms with Crippen LogP contribution in [0.25, 0.3) is 5.76 Å². The number of phenols is 1. The molecule has 0 spiro atoms. The molecule has 1 unspecified atom stereocenters. The van der Waals surface area contributed by atoms with E-state index in [1.54, 1.807) is 30.6 Å². The molecule has 1 aromatic carbocycles. The Morgan fingerprint density at radius 1 is 1.21 bits per heavy atom. The number of hydrogen-bond acceptors (Lipinski definition) is 6. The summed E-state index contributed by atoms with van der Waals surface area (Å²) in [6.45, 7) is 1.11. The van der Waals surface area contributed by atoms with Crippen molar-refractivity contribution in [3.63, 3.8) is 0 Å². The molecule has 1 aliphatic rings. The fourth-order valence-corrected chi connectivity index (χ4v) is 3.76. The van der Waals surface area contributed by atoms with Crippen LogP contribution in [0.1, 0.15) is 23.6 Å². The Morgan fingerprint density at radius 2 is 1.90 bits per heavy atom. The lowest BCUT2D eigenvalue weighted by Gasteiger charge is -2.25. The minimum absolute atomic E-state index is 0.0422. The van der Waals surface area contributed by atoms with Crippen molar-refractivity contribution >= 4 is 33.4 Å². The zero-order valence-electron chi connectivity index (χ0n) is 16.2. The van der Waals surface area contributed by atoms with Gasteiger partial charge in [0.15, 0.2) is 0 Å². The smallest absolute Gasteiger partial charge is 0.295 e. The van der Waals surface area contributed by atoms with Gasteiger partial charge in [-0.05, 0) is 63.0 Å². The summed E-state index contributed by atoms with van der Waals surface area (Å²) < 4.78 is 0.623. The molecule has 0 radical (unpaired) electrons. The van der Waals surface area contributed by atoms with Crippen molar-refractivity contribution < 1.29 is 19.8 Å². The average Bonchev–Trinajstić information content (AvgIpc) is 2.94. The summed E-state index contributed by atoms with van der Waals surface area (Å²) in [5.74, 6) is -2.02. The van der Waals surface area contributed by atoms with Crippen molar-refractivity contribution in [2.45, 2.75) is 12.5 Å². The number of rotatable bonds is 6. The molecule has 1 fully saturated rings. The van der Waals surface area contributed by atoms with Crippen molar-refractivity contribution in [1.82, 2.24) is 14.8 Å². The maximum absolute atomic E-state index is 12.9. The second kappa shape index (κ2) is 8.75. The molecule has 1 amide bonds. The highest BCUT2D eigenvalue weighted by atomic mass is 79.9. The van der Waals surface area contributed by atoms with Crippen LogP contribution in [0.3, 0.4) is 0 Å². The largest absolute Gasteiger partial charge is 0.507 e. The molecule has 0 saturated carbocycles. The summed E-state index contributed by atoms with van der Waals surface area (Å²) in [6, 6.07) is 7.21. The number of carbonyl (C=O) groups excluding carboxylic acids is 2. The highest BCUT2D eigenvalue weighted by Crippen LogP contribution is 2.41. The third kappa shape index (κ3) is 4.33. The van der Waals surface area contributed by atoms with Crippen LogP contribution < -0.4 is 0 Å². The van der Waals surface area contributed by atoms with E-state index in [9.17, 15) is 19.8 Å². The van der Waals surface area contributed by atoms with Crippen LogP contribution in [0, 0.1) is 0 Å². The standard InChI is InChI=1S/C21H22BrN3O4/c1-24(2)10-3-11-25-18(13-6-8-23-9-7-13)17(20(28)21(25)29)19(27)15-12-14(22)4-5-16(15)26/h4-9,12,18,26-27H,3,10-11H2,1-2H3. The molecule has 0 aliphatic carbocycles. The highest BCUT2D eigenvalue weighted by molar-refractivity contribution is 9.10. The second-order valence-electron chi connectivity index (χ2n) is 7.09. The number of aromatic nitrogens is 1. The van der Waals surface area contributed by atoms with Crippen LogP contribution in [0.4, 0.5) is 0 Å². The molecule has 1 aliphatic heterocycles. The monoisotopic (exact) mass is 459 g/mol. The lowest BCUT2D eigenvalue weighted by molar-refractivity contribution is -0.139. The van der Waals surface area contributed by atoms with Crippen molar-refractivity contribution in [2.75, 3.05) is 27.2 Å². The summed E-state index contributed by atoms with van der Waals surface area (Å²) in [4.78, 5) is 33.1. The van der Waals surface area contributed by atoms with Crippen LogP contribution in [-0.2, 0) is 9.59 Å². The number of phenolic OH excluding ortho intramolecular Hbond substituents is 1. The van der Waals surface area contributed by atoms with Crippen molar-refractivity contribution in [3.8, 4) is 5.75 Å². The molecule has 8 heteroatoms. The number of aromatic hydroxyl groups is 1. The van der Waals surface area contributed by atoms with Crippen LogP contribution in [0.5, 0.6) is 5.75 Å². The Hall–Kier alpha value is -2.71. The average molecular weight is 460 g/mol. The fraction of sp³-hybridized carbons (Fsp3) is 0.286. The van der Waals surface area contributed by atoms with Crippen LogP contribution >= 0.6 is 15.9 Å². The SMILES string of the molecule is CN(C)CCCN1C(=O)C(=O)C(=C(O)c2cc(Br)ccc2O)C1c1ccncc1. The predicted octanol–water partition coefficient (Wildman–Crippen LogP) is 2.92. The van der Waals surface area contributed by atoms with Gasteiger partial charge in [0, 0.05) is 23.4 Å². The van der Waals surface area contributed by atoms with Crippen LogP contribution in [0.2, 0.25) is 0 Å². The highest BCUT2D eigenvalue weighted by Gasteiger charge is 2.46. The minimum atomic E-state index is -0.770. The summed E-state index contributed by atoms with van der Waals surface area (Å²) >= 11 is 3.30. The Labute approximate surface area is 177 Å². The first kappa shape index (κ1) is 21.0. The number of likely N-dealkylation sites (tertiary alicyclic amines) is 1. The summed E-state index contributed by atoms with van der Waals surface area (Å²) in [5.41, 5.74) is 0.712. The Morgan fingerprint density at radius 3 is 2.55 bits per heavy atom. The first-order valence-corrected chi connectivity index (χ1v) is 9.92. The van der Waals surface area contributed by atoms with Crippen molar-refractivity contribution in [1.29, 1.82) is 0 Å². The topological polar surface area (TPSA) is 94.0 Å². The maximum Gasteiger partial charge on any atom is 0.295 e. The third-order valence-corrected chi connectivity index (χ3v) is 5.27. The predicted molar refractivity (Wildman–Crippen MR) is 112 cm³/mol. The molecule has 2 heterocycles. The zero-order chi connectivity index (χ0) is 21.1. The molecule has 2 aromatic rings. The van der Waals surface area contributed by atoms with E-state index in [0.717, 1.165) is 6.54 Å².